The normalized spacial score (nSPS) is 32.0. The Kier molecular flexibility index (Phi) is 3.60. The Morgan fingerprint density at radius 2 is 2.32 bits per heavy atom. The van der Waals surface area contributed by atoms with Gasteiger partial charge in [0.15, 0.2) is 0 Å². The third-order valence-electron chi connectivity index (χ3n) is 3.89. The number of nitrogens with zero attached hydrogens (tertiary/aromatic N) is 1. The SMILES string of the molecule is Cc1ccc(C2NCC(=O)N2C2CCOC(C)C2)s1. The Bertz CT molecular complexity index is 474. The summed E-state index contributed by atoms with van der Waals surface area (Å²) in [6.07, 6.45) is 2.19. The number of carbonyl (C=O) groups is 1. The first-order valence-corrected chi connectivity index (χ1v) is 7.69. The Labute approximate surface area is 117 Å². The van der Waals surface area contributed by atoms with Crippen LogP contribution in [-0.4, -0.2) is 36.1 Å². The number of carbonyl (C=O) groups excluding carboxylic acids is 1. The highest BCUT2D eigenvalue weighted by Crippen LogP contribution is 2.33. The fraction of sp³-hybridized carbons (Fsp3) is 0.643. The monoisotopic (exact) mass is 280 g/mol. The smallest absolute Gasteiger partial charge is 0.238 e. The van der Waals surface area contributed by atoms with Gasteiger partial charge in [-0.05, 0) is 38.8 Å². The highest BCUT2D eigenvalue weighted by atomic mass is 32.1. The van der Waals surface area contributed by atoms with Crippen LogP contribution < -0.4 is 5.32 Å². The molecule has 2 saturated heterocycles. The zero-order valence-corrected chi connectivity index (χ0v) is 12.2. The van der Waals surface area contributed by atoms with Gasteiger partial charge in [0.2, 0.25) is 5.91 Å². The summed E-state index contributed by atoms with van der Waals surface area (Å²) in [6, 6.07) is 4.56. The summed E-state index contributed by atoms with van der Waals surface area (Å²) < 4.78 is 5.59. The molecule has 0 bridgehead atoms. The molecule has 2 aliphatic rings. The predicted octanol–water partition coefficient (Wildman–Crippen LogP) is 2.05. The third kappa shape index (κ3) is 2.55. The van der Waals surface area contributed by atoms with E-state index >= 15 is 0 Å². The molecule has 3 unspecified atom stereocenters. The molecule has 1 amide bonds. The van der Waals surface area contributed by atoms with Gasteiger partial charge in [0.05, 0.1) is 12.6 Å². The van der Waals surface area contributed by atoms with Gasteiger partial charge < -0.3 is 9.64 Å². The lowest BCUT2D eigenvalue weighted by molar-refractivity contribution is -0.133. The van der Waals surface area contributed by atoms with Crippen molar-refractivity contribution < 1.29 is 9.53 Å². The van der Waals surface area contributed by atoms with Crippen LogP contribution in [-0.2, 0) is 9.53 Å². The van der Waals surface area contributed by atoms with E-state index in [1.165, 1.54) is 9.75 Å². The van der Waals surface area contributed by atoms with Crippen molar-refractivity contribution in [2.24, 2.45) is 0 Å². The summed E-state index contributed by atoms with van der Waals surface area (Å²) in [6.45, 7) is 5.40. The van der Waals surface area contributed by atoms with Crippen LogP contribution in [0.25, 0.3) is 0 Å². The first kappa shape index (κ1) is 13.1. The molecule has 0 aliphatic carbocycles. The molecule has 0 spiro atoms. The van der Waals surface area contributed by atoms with Gasteiger partial charge in [-0.1, -0.05) is 0 Å². The van der Waals surface area contributed by atoms with Crippen molar-refractivity contribution in [3.05, 3.63) is 21.9 Å². The van der Waals surface area contributed by atoms with Gasteiger partial charge in [0.1, 0.15) is 6.17 Å². The quantitative estimate of drug-likeness (QED) is 0.901. The van der Waals surface area contributed by atoms with Gasteiger partial charge in [-0.15, -0.1) is 11.3 Å². The third-order valence-corrected chi connectivity index (χ3v) is 4.95. The lowest BCUT2D eigenvalue weighted by Gasteiger charge is -2.37. The minimum atomic E-state index is 0.0569. The highest BCUT2D eigenvalue weighted by molar-refractivity contribution is 7.12. The number of aryl methyl sites for hydroxylation is 1. The fourth-order valence-corrected chi connectivity index (χ4v) is 3.95. The Morgan fingerprint density at radius 1 is 1.47 bits per heavy atom. The van der Waals surface area contributed by atoms with E-state index in [9.17, 15) is 4.79 Å². The van der Waals surface area contributed by atoms with Crippen molar-refractivity contribution in [2.75, 3.05) is 13.2 Å². The Hall–Kier alpha value is -0.910. The van der Waals surface area contributed by atoms with E-state index in [1.807, 2.05) is 4.90 Å². The molecule has 104 valence electrons. The lowest BCUT2D eigenvalue weighted by Crippen LogP contribution is -2.44. The Balaban J connectivity index is 1.82. The molecular weight excluding hydrogens is 260 g/mol. The molecular formula is C14H20N2O2S. The number of thiophene rings is 1. The standard InChI is InChI=1S/C14H20N2O2S/c1-9-7-11(5-6-18-9)16-13(17)8-15-14(16)12-4-3-10(2)19-12/h3-4,9,11,14-15H,5-8H2,1-2H3. The van der Waals surface area contributed by atoms with Crippen LogP contribution in [0, 0.1) is 6.92 Å². The van der Waals surface area contributed by atoms with Gasteiger partial charge in [0, 0.05) is 22.4 Å². The van der Waals surface area contributed by atoms with E-state index in [0.717, 1.165) is 19.4 Å². The molecule has 0 aromatic carbocycles. The van der Waals surface area contributed by atoms with Crippen molar-refractivity contribution in [3.63, 3.8) is 0 Å². The van der Waals surface area contributed by atoms with Crippen molar-refractivity contribution >= 4 is 17.2 Å². The first-order chi connectivity index (χ1) is 9.15. The van der Waals surface area contributed by atoms with E-state index in [2.05, 4.69) is 31.3 Å². The minimum Gasteiger partial charge on any atom is -0.378 e. The molecule has 1 aromatic rings. The van der Waals surface area contributed by atoms with Crippen LogP contribution in [0.15, 0.2) is 12.1 Å². The summed E-state index contributed by atoms with van der Waals surface area (Å²) in [5, 5.41) is 3.34. The van der Waals surface area contributed by atoms with Crippen LogP contribution in [0.3, 0.4) is 0 Å². The molecule has 1 aromatic heterocycles. The average molecular weight is 280 g/mol. The molecule has 3 heterocycles. The van der Waals surface area contributed by atoms with Gasteiger partial charge in [0.25, 0.3) is 0 Å². The molecule has 0 radical (unpaired) electrons. The maximum absolute atomic E-state index is 12.2. The molecule has 19 heavy (non-hydrogen) atoms. The second kappa shape index (κ2) is 5.23. The van der Waals surface area contributed by atoms with Crippen molar-refractivity contribution in [3.8, 4) is 0 Å². The zero-order valence-electron chi connectivity index (χ0n) is 11.4. The van der Waals surface area contributed by atoms with Crippen LogP contribution in [0.4, 0.5) is 0 Å². The summed E-state index contributed by atoms with van der Waals surface area (Å²) in [5.74, 6) is 0.218. The molecule has 3 atom stereocenters. The molecule has 1 N–H and O–H groups in total. The predicted molar refractivity (Wildman–Crippen MR) is 75.1 cm³/mol. The van der Waals surface area contributed by atoms with Crippen LogP contribution in [0.2, 0.25) is 0 Å². The Morgan fingerprint density at radius 3 is 3.00 bits per heavy atom. The summed E-state index contributed by atoms with van der Waals surface area (Å²) in [5.41, 5.74) is 0. The topological polar surface area (TPSA) is 41.6 Å². The number of ether oxygens (including phenoxy) is 1. The number of hydrogen-bond acceptors (Lipinski definition) is 4. The molecule has 2 aliphatic heterocycles. The zero-order chi connectivity index (χ0) is 13.4. The van der Waals surface area contributed by atoms with E-state index < -0.39 is 0 Å². The van der Waals surface area contributed by atoms with Crippen LogP contribution in [0.5, 0.6) is 0 Å². The van der Waals surface area contributed by atoms with E-state index in [1.54, 1.807) is 11.3 Å². The summed E-state index contributed by atoms with van der Waals surface area (Å²) in [7, 11) is 0. The van der Waals surface area contributed by atoms with E-state index in [0.29, 0.717) is 12.6 Å². The molecule has 3 rings (SSSR count). The van der Waals surface area contributed by atoms with Crippen LogP contribution in [0.1, 0.15) is 35.7 Å². The average Bonchev–Trinajstić information content (AvgIpc) is 2.95. The molecule has 2 fully saturated rings. The van der Waals surface area contributed by atoms with E-state index in [-0.39, 0.29) is 18.2 Å². The summed E-state index contributed by atoms with van der Waals surface area (Å²) in [4.78, 5) is 16.8. The largest absolute Gasteiger partial charge is 0.378 e. The number of nitrogens with one attached hydrogen (secondary N) is 1. The maximum atomic E-state index is 12.2. The van der Waals surface area contributed by atoms with Gasteiger partial charge in [-0.2, -0.15) is 0 Å². The van der Waals surface area contributed by atoms with Crippen molar-refractivity contribution in [1.82, 2.24) is 10.2 Å². The number of amides is 1. The van der Waals surface area contributed by atoms with Gasteiger partial charge in [-0.25, -0.2) is 0 Å². The van der Waals surface area contributed by atoms with Crippen molar-refractivity contribution in [2.45, 2.75) is 45.0 Å². The lowest BCUT2D eigenvalue weighted by atomic mass is 10.0. The van der Waals surface area contributed by atoms with Gasteiger partial charge in [-0.3, -0.25) is 10.1 Å². The fourth-order valence-electron chi connectivity index (χ4n) is 3.00. The van der Waals surface area contributed by atoms with Gasteiger partial charge >= 0.3 is 0 Å². The van der Waals surface area contributed by atoms with Crippen LogP contribution >= 0.6 is 11.3 Å². The first-order valence-electron chi connectivity index (χ1n) is 6.87. The summed E-state index contributed by atoms with van der Waals surface area (Å²) >= 11 is 1.77. The number of hydrogen-bond donors (Lipinski definition) is 1. The number of rotatable bonds is 2. The van der Waals surface area contributed by atoms with E-state index in [4.69, 9.17) is 4.74 Å². The highest BCUT2D eigenvalue weighted by Gasteiger charge is 2.38. The second-order valence-corrected chi connectivity index (χ2v) is 6.71. The van der Waals surface area contributed by atoms with Crippen molar-refractivity contribution in [1.29, 1.82) is 0 Å². The molecule has 4 nitrogen and oxygen atoms in total. The molecule has 0 saturated carbocycles. The second-order valence-electron chi connectivity index (χ2n) is 5.39. The minimum absolute atomic E-state index is 0.0569. The molecule has 5 heteroatoms. The maximum Gasteiger partial charge on any atom is 0.238 e.